The van der Waals surface area contributed by atoms with Crippen LogP contribution in [0.15, 0.2) is 30.6 Å². The summed E-state index contributed by atoms with van der Waals surface area (Å²) in [4.78, 5) is 25.6. The Morgan fingerprint density at radius 2 is 2.33 bits per heavy atom. The standard InChI is InChI=1S/C11H8N2O4S/c1-7(14)10-5-9(13(15)16)11(18-10)17-8-3-2-4-12-6-8/h2-6H,1H3. The molecule has 92 valence electrons. The molecule has 2 aromatic rings. The Hall–Kier alpha value is -2.28. The number of aromatic nitrogens is 1. The fraction of sp³-hybridized carbons (Fsp3) is 0.0909. The molecule has 0 N–H and O–H groups in total. The molecule has 0 aromatic carbocycles. The Morgan fingerprint density at radius 1 is 1.56 bits per heavy atom. The number of carbonyl (C=O) groups is 1. The van der Waals surface area contributed by atoms with E-state index in [2.05, 4.69) is 4.98 Å². The molecule has 0 amide bonds. The van der Waals surface area contributed by atoms with Crippen LogP contribution in [0, 0.1) is 10.1 Å². The van der Waals surface area contributed by atoms with Gasteiger partial charge in [0.1, 0.15) is 5.75 Å². The second kappa shape index (κ2) is 4.92. The van der Waals surface area contributed by atoms with Gasteiger partial charge < -0.3 is 4.74 Å². The van der Waals surface area contributed by atoms with Crippen molar-refractivity contribution in [3.05, 3.63) is 45.6 Å². The number of thiophene rings is 1. The van der Waals surface area contributed by atoms with E-state index in [0.29, 0.717) is 10.6 Å². The third kappa shape index (κ3) is 2.51. The normalized spacial score (nSPS) is 10.1. The SMILES string of the molecule is CC(=O)c1cc([N+](=O)[O-])c(Oc2cccnc2)s1. The van der Waals surface area contributed by atoms with Crippen molar-refractivity contribution in [2.75, 3.05) is 0 Å². The maximum Gasteiger partial charge on any atom is 0.323 e. The highest BCUT2D eigenvalue weighted by Crippen LogP contribution is 2.39. The molecule has 0 aliphatic heterocycles. The van der Waals surface area contributed by atoms with Crippen LogP contribution in [-0.4, -0.2) is 15.7 Å². The molecule has 0 saturated carbocycles. The maximum atomic E-state index is 11.2. The van der Waals surface area contributed by atoms with Gasteiger partial charge in [-0.3, -0.25) is 19.9 Å². The first-order valence-electron chi connectivity index (χ1n) is 4.95. The van der Waals surface area contributed by atoms with E-state index in [1.807, 2.05) is 0 Å². The number of rotatable bonds is 4. The minimum Gasteiger partial charge on any atom is -0.438 e. The van der Waals surface area contributed by atoms with Gasteiger partial charge in [-0.15, -0.1) is 0 Å². The molecule has 2 aromatic heterocycles. The molecule has 0 radical (unpaired) electrons. The van der Waals surface area contributed by atoms with Crippen molar-refractivity contribution in [2.45, 2.75) is 6.92 Å². The van der Waals surface area contributed by atoms with Crippen molar-refractivity contribution < 1.29 is 14.5 Å². The van der Waals surface area contributed by atoms with Crippen LogP contribution < -0.4 is 4.74 Å². The van der Waals surface area contributed by atoms with Gasteiger partial charge in [0.05, 0.1) is 16.0 Å². The Labute approximate surface area is 106 Å². The number of ketones is 1. The number of pyridine rings is 1. The molecular weight excluding hydrogens is 256 g/mol. The Morgan fingerprint density at radius 3 is 2.89 bits per heavy atom. The van der Waals surface area contributed by atoms with E-state index >= 15 is 0 Å². The summed E-state index contributed by atoms with van der Waals surface area (Å²) >= 11 is 0.950. The third-order valence-corrected chi connectivity index (χ3v) is 3.17. The summed E-state index contributed by atoms with van der Waals surface area (Å²) in [6.45, 7) is 1.35. The Balaban J connectivity index is 2.37. The lowest BCUT2D eigenvalue weighted by Gasteiger charge is -2.00. The molecule has 6 nitrogen and oxygen atoms in total. The van der Waals surface area contributed by atoms with Crippen molar-refractivity contribution in [3.63, 3.8) is 0 Å². The van der Waals surface area contributed by atoms with E-state index in [9.17, 15) is 14.9 Å². The van der Waals surface area contributed by atoms with Gasteiger partial charge in [-0.05, 0) is 19.1 Å². The van der Waals surface area contributed by atoms with E-state index in [1.54, 1.807) is 18.3 Å². The molecule has 0 spiro atoms. The predicted molar refractivity (Wildman–Crippen MR) is 65.3 cm³/mol. The summed E-state index contributed by atoms with van der Waals surface area (Å²) in [5.74, 6) is 0.154. The number of nitro groups is 1. The van der Waals surface area contributed by atoms with Gasteiger partial charge in [-0.1, -0.05) is 11.3 Å². The van der Waals surface area contributed by atoms with E-state index in [-0.39, 0.29) is 16.5 Å². The molecule has 0 saturated heterocycles. The van der Waals surface area contributed by atoms with Gasteiger partial charge in [0.2, 0.25) is 0 Å². The summed E-state index contributed by atoms with van der Waals surface area (Å²) in [5.41, 5.74) is -0.214. The maximum absolute atomic E-state index is 11.2. The van der Waals surface area contributed by atoms with Gasteiger partial charge >= 0.3 is 5.69 Å². The van der Waals surface area contributed by atoms with Crippen molar-refractivity contribution in [3.8, 4) is 10.8 Å². The largest absolute Gasteiger partial charge is 0.438 e. The average molecular weight is 264 g/mol. The summed E-state index contributed by atoms with van der Waals surface area (Å²) in [7, 11) is 0. The second-order valence-corrected chi connectivity index (χ2v) is 4.40. The van der Waals surface area contributed by atoms with Crippen LogP contribution in [0.2, 0.25) is 0 Å². The van der Waals surface area contributed by atoms with Crippen LogP contribution in [-0.2, 0) is 0 Å². The molecule has 0 fully saturated rings. The van der Waals surface area contributed by atoms with E-state index in [1.165, 1.54) is 19.2 Å². The lowest BCUT2D eigenvalue weighted by atomic mass is 10.3. The third-order valence-electron chi connectivity index (χ3n) is 2.07. The number of hydrogen-bond donors (Lipinski definition) is 0. The van der Waals surface area contributed by atoms with Gasteiger partial charge in [-0.25, -0.2) is 0 Å². The zero-order valence-electron chi connectivity index (χ0n) is 9.32. The van der Waals surface area contributed by atoms with Crippen LogP contribution in [0.25, 0.3) is 0 Å². The zero-order valence-corrected chi connectivity index (χ0v) is 10.1. The first-order valence-corrected chi connectivity index (χ1v) is 5.76. The molecule has 18 heavy (non-hydrogen) atoms. The van der Waals surface area contributed by atoms with Crippen LogP contribution in [0.5, 0.6) is 10.8 Å². The summed E-state index contributed by atoms with van der Waals surface area (Å²) in [6, 6.07) is 4.50. The quantitative estimate of drug-likeness (QED) is 0.481. The van der Waals surface area contributed by atoms with Gasteiger partial charge in [0, 0.05) is 12.3 Å². The predicted octanol–water partition coefficient (Wildman–Crippen LogP) is 3.05. The van der Waals surface area contributed by atoms with E-state index < -0.39 is 4.92 Å². The van der Waals surface area contributed by atoms with Crippen molar-refractivity contribution >= 4 is 22.8 Å². The number of carbonyl (C=O) groups excluding carboxylic acids is 1. The van der Waals surface area contributed by atoms with Crippen LogP contribution in [0.3, 0.4) is 0 Å². The average Bonchev–Trinajstić information content (AvgIpc) is 2.74. The van der Waals surface area contributed by atoms with Crippen LogP contribution >= 0.6 is 11.3 Å². The molecule has 2 heterocycles. The number of hydrogen-bond acceptors (Lipinski definition) is 6. The number of nitrogens with zero attached hydrogens (tertiary/aromatic N) is 2. The van der Waals surface area contributed by atoms with Crippen LogP contribution in [0.4, 0.5) is 5.69 Å². The molecule has 0 aliphatic carbocycles. The molecule has 2 rings (SSSR count). The smallest absolute Gasteiger partial charge is 0.323 e. The van der Waals surface area contributed by atoms with Gasteiger partial charge in [-0.2, -0.15) is 0 Å². The first kappa shape index (κ1) is 12.2. The lowest BCUT2D eigenvalue weighted by Crippen LogP contribution is -1.89. The fourth-order valence-corrected chi connectivity index (χ4v) is 2.14. The molecular formula is C11H8N2O4S. The molecule has 0 atom stereocenters. The topological polar surface area (TPSA) is 82.3 Å². The highest BCUT2D eigenvalue weighted by molar-refractivity contribution is 7.16. The highest BCUT2D eigenvalue weighted by Gasteiger charge is 2.22. The monoisotopic (exact) mass is 264 g/mol. The molecule has 0 unspecified atom stereocenters. The molecule has 0 aliphatic rings. The van der Waals surface area contributed by atoms with Crippen molar-refractivity contribution in [2.24, 2.45) is 0 Å². The highest BCUT2D eigenvalue weighted by atomic mass is 32.1. The number of Topliss-reactive ketones (excluding diaryl/α,β-unsaturated/α-hetero) is 1. The minimum absolute atomic E-state index is 0.0817. The summed E-state index contributed by atoms with van der Waals surface area (Å²) in [5, 5.41) is 10.9. The van der Waals surface area contributed by atoms with Crippen LogP contribution in [0.1, 0.15) is 16.6 Å². The number of ether oxygens (including phenoxy) is 1. The first-order chi connectivity index (χ1) is 8.58. The zero-order chi connectivity index (χ0) is 13.1. The molecule has 0 bridgehead atoms. The Kier molecular flexibility index (Phi) is 3.33. The minimum atomic E-state index is -0.575. The summed E-state index contributed by atoms with van der Waals surface area (Å²) < 4.78 is 5.36. The Bertz CT molecular complexity index is 594. The second-order valence-electron chi connectivity index (χ2n) is 3.39. The lowest BCUT2D eigenvalue weighted by molar-refractivity contribution is -0.385. The molecule has 7 heteroatoms. The van der Waals surface area contributed by atoms with Crippen molar-refractivity contribution in [1.82, 2.24) is 4.98 Å². The van der Waals surface area contributed by atoms with E-state index in [0.717, 1.165) is 11.3 Å². The summed E-state index contributed by atoms with van der Waals surface area (Å²) in [6.07, 6.45) is 3.01. The van der Waals surface area contributed by atoms with Gasteiger partial charge in [0.25, 0.3) is 5.06 Å². The van der Waals surface area contributed by atoms with Gasteiger partial charge in [0.15, 0.2) is 5.78 Å². The van der Waals surface area contributed by atoms with E-state index in [4.69, 9.17) is 4.74 Å². The van der Waals surface area contributed by atoms with Crippen molar-refractivity contribution in [1.29, 1.82) is 0 Å². The fourth-order valence-electron chi connectivity index (χ4n) is 1.25.